The molecule has 1 aromatic rings. The van der Waals surface area contributed by atoms with Crippen LogP contribution in [0.3, 0.4) is 0 Å². The molecule has 112 valence electrons. The van der Waals surface area contributed by atoms with Crippen LogP contribution < -0.4 is 10.6 Å². The smallest absolute Gasteiger partial charge is 0.393 e. The molecule has 8 heteroatoms. The molecule has 0 spiro atoms. The minimum Gasteiger partial charge on any atom is -0.393 e. The summed E-state index contributed by atoms with van der Waals surface area (Å²) < 4.78 is 42.4. The highest BCUT2D eigenvalue weighted by Crippen LogP contribution is 2.29. The van der Waals surface area contributed by atoms with Gasteiger partial charge in [0.05, 0.1) is 17.2 Å². The molecule has 0 aromatic carbocycles. The maximum Gasteiger partial charge on any atom is 0.417 e. The van der Waals surface area contributed by atoms with Gasteiger partial charge in [-0.2, -0.15) is 13.2 Å². The molecule has 0 aliphatic carbocycles. The molecule has 0 aliphatic rings. The van der Waals surface area contributed by atoms with Crippen LogP contribution in [0.15, 0.2) is 18.3 Å². The Labute approximate surface area is 120 Å². The summed E-state index contributed by atoms with van der Waals surface area (Å²) in [6.07, 6.45) is -3.11. The van der Waals surface area contributed by atoms with Gasteiger partial charge >= 0.3 is 6.18 Å². The summed E-state index contributed by atoms with van der Waals surface area (Å²) in [4.78, 5) is 5.97. The number of aromatic nitrogens is 1. The molecule has 20 heavy (non-hydrogen) atoms. The Balaban J connectivity index is 2.81. The molecule has 1 aromatic heterocycles. The maximum absolute atomic E-state index is 12.5. The maximum atomic E-state index is 12.5. The number of nitrogens with two attached hydrogens (primary N) is 1. The number of hydrogen-bond acceptors (Lipinski definition) is 4. The standard InChI is InChI=1S/C12H16F3N3OS/c1-19-7-6-18(5-4-10(16)20)11-3-2-9(8-17-11)12(13,14)15/h2-3,8H,4-7H2,1H3,(H2,16,20). The molecule has 0 bridgehead atoms. The van der Waals surface area contributed by atoms with E-state index in [1.54, 1.807) is 12.0 Å². The van der Waals surface area contributed by atoms with E-state index in [1.807, 2.05) is 0 Å². The van der Waals surface area contributed by atoms with Crippen LogP contribution >= 0.6 is 12.2 Å². The van der Waals surface area contributed by atoms with Crippen molar-refractivity contribution in [3.63, 3.8) is 0 Å². The van der Waals surface area contributed by atoms with Crippen molar-refractivity contribution in [3.8, 4) is 0 Å². The molecule has 4 nitrogen and oxygen atoms in total. The number of methoxy groups -OCH3 is 1. The minimum absolute atomic E-state index is 0.347. The van der Waals surface area contributed by atoms with Crippen LogP contribution in [-0.4, -0.2) is 36.8 Å². The van der Waals surface area contributed by atoms with Gasteiger partial charge in [0.1, 0.15) is 5.82 Å². The van der Waals surface area contributed by atoms with Crippen LogP contribution in [0.4, 0.5) is 19.0 Å². The molecule has 1 heterocycles. The van der Waals surface area contributed by atoms with Gasteiger partial charge in [-0.3, -0.25) is 0 Å². The van der Waals surface area contributed by atoms with E-state index in [9.17, 15) is 13.2 Å². The summed E-state index contributed by atoms with van der Waals surface area (Å²) in [5.74, 6) is 0.436. The average Bonchev–Trinajstić information content (AvgIpc) is 2.38. The van der Waals surface area contributed by atoms with Crippen LogP contribution in [0.2, 0.25) is 0 Å². The highest BCUT2D eigenvalue weighted by molar-refractivity contribution is 7.80. The third kappa shape index (κ3) is 5.30. The third-order valence-electron chi connectivity index (χ3n) is 2.59. The Bertz CT molecular complexity index is 437. The van der Waals surface area contributed by atoms with Crippen molar-refractivity contribution in [2.24, 2.45) is 5.73 Å². The predicted octanol–water partition coefficient (Wildman–Crippen LogP) is 2.23. The molecule has 0 aliphatic heterocycles. The Morgan fingerprint density at radius 2 is 2.10 bits per heavy atom. The topological polar surface area (TPSA) is 51.4 Å². The number of alkyl halides is 3. The van der Waals surface area contributed by atoms with Gasteiger partial charge < -0.3 is 15.4 Å². The lowest BCUT2D eigenvalue weighted by atomic mass is 10.2. The fourth-order valence-electron chi connectivity index (χ4n) is 1.53. The van der Waals surface area contributed by atoms with Crippen molar-refractivity contribution in [3.05, 3.63) is 23.9 Å². The Morgan fingerprint density at radius 3 is 2.55 bits per heavy atom. The third-order valence-corrected chi connectivity index (χ3v) is 2.80. The molecule has 0 unspecified atom stereocenters. The van der Waals surface area contributed by atoms with Crippen LogP contribution in [0.5, 0.6) is 0 Å². The highest BCUT2D eigenvalue weighted by atomic mass is 32.1. The molecule has 1 rings (SSSR count). The molecule has 0 fully saturated rings. The number of pyridine rings is 1. The number of ether oxygens (including phenoxy) is 1. The van der Waals surface area contributed by atoms with E-state index in [0.717, 1.165) is 12.3 Å². The first-order valence-electron chi connectivity index (χ1n) is 5.90. The predicted molar refractivity (Wildman–Crippen MR) is 74.7 cm³/mol. The average molecular weight is 307 g/mol. The number of nitrogens with zero attached hydrogens (tertiary/aromatic N) is 2. The summed E-state index contributed by atoms with van der Waals surface area (Å²) in [6, 6.07) is 2.33. The second-order valence-electron chi connectivity index (χ2n) is 4.10. The number of rotatable bonds is 7. The number of anilines is 1. The van der Waals surface area contributed by atoms with Crippen LogP contribution in [0.1, 0.15) is 12.0 Å². The zero-order valence-electron chi connectivity index (χ0n) is 11.0. The van der Waals surface area contributed by atoms with Crippen molar-refractivity contribution >= 4 is 23.0 Å². The summed E-state index contributed by atoms with van der Waals surface area (Å²) in [5, 5.41) is 0. The number of thiocarbonyl (C=S) groups is 1. The Morgan fingerprint density at radius 1 is 1.40 bits per heavy atom. The quantitative estimate of drug-likeness (QED) is 0.783. The Kier molecular flexibility index (Phi) is 6.15. The van der Waals surface area contributed by atoms with Gasteiger partial charge in [-0.1, -0.05) is 12.2 Å². The van der Waals surface area contributed by atoms with Crippen LogP contribution in [0.25, 0.3) is 0 Å². The van der Waals surface area contributed by atoms with Crippen molar-refractivity contribution in [2.45, 2.75) is 12.6 Å². The molecule has 0 saturated heterocycles. The molecular weight excluding hydrogens is 291 g/mol. The molecule has 0 radical (unpaired) electrons. The van der Waals surface area contributed by atoms with Gasteiger partial charge in [0.2, 0.25) is 0 Å². The lowest BCUT2D eigenvalue weighted by Crippen LogP contribution is -2.31. The zero-order valence-corrected chi connectivity index (χ0v) is 11.8. The van der Waals surface area contributed by atoms with E-state index in [-0.39, 0.29) is 0 Å². The van der Waals surface area contributed by atoms with Gasteiger partial charge in [0, 0.05) is 32.8 Å². The van der Waals surface area contributed by atoms with E-state index in [2.05, 4.69) is 4.98 Å². The van der Waals surface area contributed by atoms with Crippen molar-refractivity contribution in [1.29, 1.82) is 0 Å². The highest BCUT2D eigenvalue weighted by Gasteiger charge is 2.30. The monoisotopic (exact) mass is 307 g/mol. The van der Waals surface area contributed by atoms with Gasteiger partial charge in [0.15, 0.2) is 0 Å². The summed E-state index contributed by atoms with van der Waals surface area (Å²) in [7, 11) is 1.55. The zero-order chi connectivity index (χ0) is 15.2. The van der Waals surface area contributed by atoms with E-state index < -0.39 is 11.7 Å². The fraction of sp³-hybridized carbons (Fsp3) is 0.500. The summed E-state index contributed by atoms with van der Waals surface area (Å²) in [5.41, 5.74) is 4.66. The van der Waals surface area contributed by atoms with E-state index in [1.165, 1.54) is 6.07 Å². The largest absolute Gasteiger partial charge is 0.417 e. The number of halogens is 3. The van der Waals surface area contributed by atoms with Gasteiger partial charge in [-0.15, -0.1) is 0 Å². The SMILES string of the molecule is COCCN(CCC(N)=S)c1ccc(C(F)(F)F)cn1. The van der Waals surface area contributed by atoms with Crippen molar-refractivity contribution in [2.75, 3.05) is 31.7 Å². The number of hydrogen-bond donors (Lipinski definition) is 1. The van der Waals surface area contributed by atoms with Gasteiger partial charge in [0.25, 0.3) is 0 Å². The van der Waals surface area contributed by atoms with Crippen LogP contribution in [-0.2, 0) is 10.9 Å². The minimum atomic E-state index is -4.39. The molecule has 2 N–H and O–H groups in total. The van der Waals surface area contributed by atoms with E-state index in [4.69, 9.17) is 22.7 Å². The van der Waals surface area contributed by atoms with E-state index in [0.29, 0.717) is 36.9 Å². The molecular formula is C12H16F3N3OS. The second kappa shape index (κ2) is 7.39. The first-order valence-corrected chi connectivity index (χ1v) is 6.31. The normalized spacial score (nSPS) is 11.4. The fourth-order valence-corrected chi connectivity index (χ4v) is 1.62. The lowest BCUT2D eigenvalue weighted by Gasteiger charge is -2.23. The van der Waals surface area contributed by atoms with E-state index >= 15 is 0 Å². The van der Waals surface area contributed by atoms with Crippen molar-refractivity contribution < 1.29 is 17.9 Å². The second-order valence-corrected chi connectivity index (χ2v) is 4.62. The van der Waals surface area contributed by atoms with Gasteiger partial charge in [-0.25, -0.2) is 4.98 Å². The van der Waals surface area contributed by atoms with Crippen LogP contribution in [0, 0.1) is 0 Å². The summed E-state index contributed by atoms with van der Waals surface area (Å²) in [6.45, 7) is 1.41. The first-order chi connectivity index (χ1) is 9.34. The Hall–Kier alpha value is -1.41. The molecule has 0 saturated carbocycles. The molecule has 0 amide bonds. The van der Waals surface area contributed by atoms with Gasteiger partial charge in [-0.05, 0) is 12.1 Å². The van der Waals surface area contributed by atoms with Crippen molar-refractivity contribution in [1.82, 2.24) is 4.98 Å². The first kappa shape index (κ1) is 16.6. The lowest BCUT2D eigenvalue weighted by molar-refractivity contribution is -0.137. The summed E-state index contributed by atoms with van der Waals surface area (Å²) >= 11 is 4.80. The molecule has 0 atom stereocenters.